The number of nitrogens with two attached hydrogens (primary N) is 1. The fraction of sp³-hybridized carbons (Fsp3) is 0.467. The SMILES string of the molecule is CCN(Cc1ccc(C(=O)N(C)C)cc1)C(=O)[C@H](C)N. The normalized spacial score (nSPS) is 11.8. The van der Waals surface area contributed by atoms with E-state index >= 15 is 0 Å². The third-order valence-corrected chi connectivity index (χ3v) is 3.06. The van der Waals surface area contributed by atoms with Crippen molar-refractivity contribution < 1.29 is 9.59 Å². The Hall–Kier alpha value is -1.88. The van der Waals surface area contributed by atoms with Crippen LogP contribution in [0.3, 0.4) is 0 Å². The number of nitrogens with zero attached hydrogens (tertiary/aromatic N) is 2. The highest BCUT2D eigenvalue weighted by Crippen LogP contribution is 2.09. The highest BCUT2D eigenvalue weighted by Gasteiger charge is 2.16. The summed E-state index contributed by atoms with van der Waals surface area (Å²) in [6, 6.07) is 6.80. The summed E-state index contributed by atoms with van der Waals surface area (Å²) in [6.45, 7) is 4.72. The van der Waals surface area contributed by atoms with E-state index in [1.165, 1.54) is 4.90 Å². The predicted molar refractivity (Wildman–Crippen MR) is 79.2 cm³/mol. The fourth-order valence-corrected chi connectivity index (χ4v) is 1.86. The Labute approximate surface area is 120 Å². The monoisotopic (exact) mass is 277 g/mol. The lowest BCUT2D eigenvalue weighted by molar-refractivity contribution is -0.132. The number of amides is 2. The molecule has 1 aromatic rings. The van der Waals surface area contributed by atoms with Gasteiger partial charge in [0.2, 0.25) is 5.91 Å². The average Bonchev–Trinajstić information content (AvgIpc) is 2.43. The molecule has 0 spiro atoms. The molecule has 0 radical (unpaired) electrons. The van der Waals surface area contributed by atoms with Gasteiger partial charge < -0.3 is 15.5 Å². The van der Waals surface area contributed by atoms with Crippen molar-refractivity contribution in [3.8, 4) is 0 Å². The number of benzene rings is 1. The van der Waals surface area contributed by atoms with E-state index in [2.05, 4.69) is 0 Å². The Morgan fingerprint density at radius 2 is 1.75 bits per heavy atom. The maximum Gasteiger partial charge on any atom is 0.253 e. The number of likely N-dealkylation sites (N-methyl/N-ethyl adjacent to an activating group) is 1. The first-order chi connectivity index (χ1) is 9.36. The van der Waals surface area contributed by atoms with Gasteiger partial charge in [-0.05, 0) is 31.5 Å². The van der Waals surface area contributed by atoms with Crippen LogP contribution in [0.15, 0.2) is 24.3 Å². The van der Waals surface area contributed by atoms with Gasteiger partial charge in [-0.3, -0.25) is 9.59 Å². The molecule has 0 fully saturated rings. The highest BCUT2D eigenvalue weighted by molar-refractivity contribution is 5.93. The minimum atomic E-state index is -0.496. The Morgan fingerprint density at radius 1 is 1.20 bits per heavy atom. The van der Waals surface area contributed by atoms with Gasteiger partial charge in [0.25, 0.3) is 5.91 Å². The van der Waals surface area contributed by atoms with Crippen molar-refractivity contribution in [1.29, 1.82) is 0 Å². The smallest absolute Gasteiger partial charge is 0.253 e. The van der Waals surface area contributed by atoms with Crippen LogP contribution in [0.1, 0.15) is 29.8 Å². The fourth-order valence-electron chi connectivity index (χ4n) is 1.86. The highest BCUT2D eigenvalue weighted by atomic mass is 16.2. The van der Waals surface area contributed by atoms with Crippen molar-refractivity contribution in [3.63, 3.8) is 0 Å². The van der Waals surface area contributed by atoms with Crippen LogP contribution in [0.25, 0.3) is 0 Å². The summed E-state index contributed by atoms with van der Waals surface area (Å²) in [4.78, 5) is 26.9. The van der Waals surface area contributed by atoms with E-state index < -0.39 is 6.04 Å². The molecule has 5 nitrogen and oxygen atoms in total. The molecule has 0 saturated carbocycles. The number of carbonyl (C=O) groups is 2. The molecule has 1 atom stereocenters. The molecule has 0 saturated heterocycles. The number of hydrogen-bond donors (Lipinski definition) is 1. The van der Waals surface area contributed by atoms with E-state index in [4.69, 9.17) is 5.73 Å². The van der Waals surface area contributed by atoms with Gasteiger partial charge in [0.15, 0.2) is 0 Å². The van der Waals surface area contributed by atoms with Crippen LogP contribution in [-0.2, 0) is 11.3 Å². The lowest BCUT2D eigenvalue weighted by Gasteiger charge is -2.23. The number of hydrogen-bond acceptors (Lipinski definition) is 3. The van der Waals surface area contributed by atoms with Gasteiger partial charge in [-0.25, -0.2) is 0 Å². The lowest BCUT2D eigenvalue weighted by Crippen LogP contribution is -2.41. The van der Waals surface area contributed by atoms with Gasteiger partial charge in [0.05, 0.1) is 6.04 Å². The molecule has 0 aliphatic rings. The molecule has 2 amide bonds. The third-order valence-electron chi connectivity index (χ3n) is 3.06. The van der Waals surface area contributed by atoms with Gasteiger partial charge in [0, 0.05) is 32.7 Å². The number of carbonyl (C=O) groups excluding carboxylic acids is 2. The maximum atomic E-state index is 11.9. The van der Waals surface area contributed by atoms with Crippen molar-refractivity contribution in [2.24, 2.45) is 5.73 Å². The van der Waals surface area contributed by atoms with Crippen LogP contribution in [0.4, 0.5) is 0 Å². The molecule has 20 heavy (non-hydrogen) atoms. The molecule has 0 heterocycles. The second-order valence-corrected chi connectivity index (χ2v) is 5.04. The van der Waals surface area contributed by atoms with Crippen molar-refractivity contribution in [3.05, 3.63) is 35.4 Å². The molecule has 1 aromatic carbocycles. The zero-order valence-corrected chi connectivity index (χ0v) is 12.6. The average molecular weight is 277 g/mol. The first-order valence-corrected chi connectivity index (χ1v) is 6.71. The maximum absolute atomic E-state index is 11.9. The predicted octanol–water partition coefficient (Wildman–Crippen LogP) is 1.08. The molecule has 0 aliphatic heterocycles. The minimum absolute atomic E-state index is 0.0319. The summed E-state index contributed by atoms with van der Waals surface area (Å²) in [5, 5.41) is 0. The molecule has 0 unspecified atom stereocenters. The zero-order chi connectivity index (χ0) is 15.3. The first kappa shape index (κ1) is 16.2. The van der Waals surface area contributed by atoms with Crippen LogP contribution in [0.2, 0.25) is 0 Å². The quantitative estimate of drug-likeness (QED) is 0.876. The van der Waals surface area contributed by atoms with Gasteiger partial charge in [0.1, 0.15) is 0 Å². The Kier molecular flexibility index (Phi) is 5.70. The summed E-state index contributed by atoms with van der Waals surface area (Å²) in [5.41, 5.74) is 7.24. The van der Waals surface area contributed by atoms with Crippen molar-refractivity contribution >= 4 is 11.8 Å². The van der Waals surface area contributed by atoms with Crippen LogP contribution in [0, 0.1) is 0 Å². The Bertz CT molecular complexity index is 467. The lowest BCUT2D eigenvalue weighted by atomic mass is 10.1. The van der Waals surface area contributed by atoms with Gasteiger partial charge >= 0.3 is 0 Å². The summed E-state index contributed by atoms with van der Waals surface area (Å²) < 4.78 is 0. The van der Waals surface area contributed by atoms with E-state index in [0.29, 0.717) is 18.7 Å². The molecule has 0 aliphatic carbocycles. The van der Waals surface area contributed by atoms with E-state index in [1.807, 2.05) is 19.1 Å². The summed E-state index contributed by atoms with van der Waals surface area (Å²) in [6.07, 6.45) is 0. The van der Waals surface area contributed by atoms with Crippen LogP contribution < -0.4 is 5.73 Å². The largest absolute Gasteiger partial charge is 0.345 e. The molecular weight excluding hydrogens is 254 g/mol. The molecule has 110 valence electrons. The Balaban J connectivity index is 2.79. The van der Waals surface area contributed by atoms with Crippen molar-refractivity contribution in [1.82, 2.24) is 9.80 Å². The molecule has 0 bridgehead atoms. The third kappa shape index (κ3) is 4.06. The van der Waals surface area contributed by atoms with Gasteiger partial charge in [-0.15, -0.1) is 0 Å². The molecular formula is C15H23N3O2. The van der Waals surface area contributed by atoms with Crippen molar-refractivity contribution in [2.45, 2.75) is 26.4 Å². The molecule has 2 N–H and O–H groups in total. The second kappa shape index (κ2) is 7.05. The van der Waals surface area contributed by atoms with Gasteiger partial charge in [-0.2, -0.15) is 0 Å². The standard InChI is InChI=1S/C15H23N3O2/c1-5-18(14(19)11(2)16)10-12-6-8-13(9-7-12)15(20)17(3)4/h6-9,11H,5,10,16H2,1-4H3/t11-/m0/s1. The van der Waals surface area contributed by atoms with Gasteiger partial charge in [-0.1, -0.05) is 12.1 Å². The first-order valence-electron chi connectivity index (χ1n) is 6.71. The van der Waals surface area contributed by atoms with E-state index in [1.54, 1.807) is 38.1 Å². The topological polar surface area (TPSA) is 66.6 Å². The van der Waals surface area contributed by atoms with E-state index in [0.717, 1.165) is 5.56 Å². The van der Waals surface area contributed by atoms with E-state index in [-0.39, 0.29) is 11.8 Å². The minimum Gasteiger partial charge on any atom is -0.345 e. The Morgan fingerprint density at radius 3 is 2.15 bits per heavy atom. The van der Waals surface area contributed by atoms with Crippen LogP contribution >= 0.6 is 0 Å². The molecule has 5 heteroatoms. The summed E-state index contributed by atoms with van der Waals surface area (Å²) in [7, 11) is 3.44. The van der Waals surface area contributed by atoms with Crippen molar-refractivity contribution in [2.75, 3.05) is 20.6 Å². The molecule has 0 aromatic heterocycles. The zero-order valence-electron chi connectivity index (χ0n) is 12.6. The molecule has 1 rings (SSSR count). The van der Waals surface area contributed by atoms with E-state index in [9.17, 15) is 9.59 Å². The summed E-state index contributed by atoms with van der Waals surface area (Å²) in [5.74, 6) is -0.100. The van der Waals surface area contributed by atoms with Crippen LogP contribution in [0.5, 0.6) is 0 Å². The number of rotatable bonds is 5. The second-order valence-electron chi connectivity index (χ2n) is 5.04. The summed E-state index contributed by atoms with van der Waals surface area (Å²) >= 11 is 0. The van der Waals surface area contributed by atoms with Crippen LogP contribution in [-0.4, -0.2) is 48.3 Å².